The maximum atomic E-state index is 12.3. The van der Waals surface area contributed by atoms with E-state index in [4.69, 9.17) is 31.5 Å². The fourth-order valence-electron chi connectivity index (χ4n) is 4.20. The van der Waals surface area contributed by atoms with Crippen LogP contribution in [0.2, 0.25) is 5.15 Å². The molecule has 2 heterocycles. The fraction of sp³-hybridized carbons (Fsp3) is 0.370. The van der Waals surface area contributed by atoms with Gasteiger partial charge in [0, 0.05) is 18.5 Å². The number of halogens is 1. The Labute approximate surface area is 246 Å². The Bertz CT molecular complexity index is 1440. The Kier molecular flexibility index (Phi) is 11.5. The number of tetrazole rings is 1. The zero-order chi connectivity index (χ0) is 29.9. The first-order valence-electron chi connectivity index (χ1n) is 13.3. The van der Waals surface area contributed by atoms with E-state index in [1.165, 1.54) is 0 Å². The minimum Gasteiger partial charge on any atom is -0.444 e. The number of unbranched alkanes of at least 4 members (excludes halogenated alkanes) is 1. The van der Waals surface area contributed by atoms with E-state index in [2.05, 4.69) is 32.2 Å². The third-order valence-corrected chi connectivity index (χ3v) is 6.55. The van der Waals surface area contributed by atoms with Gasteiger partial charge in [0.25, 0.3) is 0 Å². The molecule has 0 fully saturated rings. The zero-order valence-electron chi connectivity index (χ0n) is 23.0. The van der Waals surface area contributed by atoms with Crippen molar-refractivity contribution in [1.29, 1.82) is 0 Å². The van der Waals surface area contributed by atoms with Crippen molar-refractivity contribution in [2.45, 2.75) is 39.3 Å². The average Bonchev–Trinajstić information content (AvgIpc) is 3.60. The standard InChI is InChI=1S/C27H32ClN7O7/c1-2-3-8-24-29-25(28)23(18-36)33(24)17-19-9-11-20(12-10-19)21-6-4-5-7-22(21)26-30-32-34(31-26)27(37)41-15-13-40-14-16-42-35(38)39/h4-7,9-12,36,38-39H,2-3,8,13-18H2,1H3. The lowest BCUT2D eigenvalue weighted by molar-refractivity contribution is -0.493. The Morgan fingerprint density at radius 3 is 2.48 bits per heavy atom. The molecule has 0 amide bonds. The molecule has 3 N–H and O–H groups in total. The number of carbonyl (C=O) groups is 1. The summed E-state index contributed by atoms with van der Waals surface area (Å²) in [5.41, 5.74) is 4.06. The van der Waals surface area contributed by atoms with E-state index in [1.807, 2.05) is 53.1 Å². The normalized spacial score (nSPS) is 11.4. The number of ether oxygens (including phenoxy) is 2. The lowest BCUT2D eigenvalue weighted by Gasteiger charge is -2.12. The van der Waals surface area contributed by atoms with Crippen molar-refractivity contribution in [2.24, 2.45) is 0 Å². The summed E-state index contributed by atoms with van der Waals surface area (Å²) >= 11 is 6.29. The second-order valence-corrected chi connectivity index (χ2v) is 9.43. The average molecular weight is 602 g/mol. The first-order chi connectivity index (χ1) is 20.4. The molecule has 0 unspecified atom stereocenters. The summed E-state index contributed by atoms with van der Waals surface area (Å²) in [7, 11) is 0. The predicted octanol–water partition coefficient (Wildman–Crippen LogP) is 3.75. The summed E-state index contributed by atoms with van der Waals surface area (Å²) in [4.78, 5) is 21.9. The van der Waals surface area contributed by atoms with Crippen molar-refractivity contribution >= 4 is 17.7 Å². The molecule has 2 aromatic carbocycles. The topological polar surface area (TPSA) is 170 Å². The summed E-state index contributed by atoms with van der Waals surface area (Å²) < 4.78 is 12.2. The van der Waals surface area contributed by atoms with E-state index in [9.17, 15) is 9.90 Å². The molecule has 0 aliphatic carbocycles. The van der Waals surface area contributed by atoms with E-state index < -0.39 is 11.5 Å². The van der Waals surface area contributed by atoms with Crippen LogP contribution < -0.4 is 0 Å². The van der Waals surface area contributed by atoms with Crippen LogP contribution in [0.5, 0.6) is 0 Å². The maximum Gasteiger partial charge on any atom is 0.453 e. The van der Waals surface area contributed by atoms with Crippen molar-refractivity contribution in [2.75, 3.05) is 26.4 Å². The van der Waals surface area contributed by atoms with Crippen LogP contribution in [0.15, 0.2) is 48.5 Å². The number of aliphatic hydroxyl groups excluding tert-OH is 1. The van der Waals surface area contributed by atoms with Gasteiger partial charge >= 0.3 is 6.09 Å². The number of nitrogens with zero attached hydrogens (tertiary/aromatic N) is 7. The molecule has 15 heteroatoms. The van der Waals surface area contributed by atoms with Gasteiger partial charge in [0.05, 0.1) is 37.5 Å². The number of hydrogen-bond acceptors (Lipinski definition) is 12. The van der Waals surface area contributed by atoms with Gasteiger partial charge in [-0.3, -0.25) is 10.4 Å². The van der Waals surface area contributed by atoms with Crippen molar-refractivity contribution in [1.82, 2.24) is 35.1 Å². The van der Waals surface area contributed by atoms with Gasteiger partial charge < -0.3 is 19.1 Å². The van der Waals surface area contributed by atoms with Crippen LogP contribution in [-0.4, -0.2) is 83.2 Å². The van der Waals surface area contributed by atoms with Crippen LogP contribution in [0.3, 0.4) is 0 Å². The maximum absolute atomic E-state index is 12.3. The summed E-state index contributed by atoms with van der Waals surface area (Å²) in [5, 5.41) is 38.7. The molecule has 0 spiro atoms. The van der Waals surface area contributed by atoms with Crippen molar-refractivity contribution in [3.63, 3.8) is 0 Å². The van der Waals surface area contributed by atoms with Crippen LogP contribution in [0.4, 0.5) is 4.79 Å². The molecule has 224 valence electrons. The third-order valence-electron chi connectivity index (χ3n) is 6.24. The van der Waals surface area contributed by atoms with E-state index in [-0.39, 0.29) is 38.9 Å². The van der Waals surface area contributed by atoms with E-state index in [0.717, 1.165) is 46.6 Å². The highest BCUT2D eigenvalue weighted by Crippen LogP contribution is 2.30. The Morgan fingerprint density at radius 2 is 1.76 bits per heavy atom. The molecule has 14 nitrogen and oxygen atoms in total. The number of aromatic nitrogens is 6. The first-order valence-corrected chi connectivity index (χ1v) is 13.7. The SMILES string of the molecule is CCCCc1nc(Cl)c(CO)n1Cc1ccc(-c2ccccc2-c2nnn(C(=O)OCCOCCON(O)O)n2)cc1. The minimum absolute atomic E-state index is 0.0558. The van der Waals surface area contributed by atoms with Crippen molar-refractivity contribution in [3.8, 4) is 22.5 Å². The molecule has 0 saturated heterocycles. The third kappa shape index (κ3) is 8.17. The Balaban J connectivity index is 1.42. The number of benzene rings is 2. The van der Waals surface area contributed by atoms with Gasteiger partial charge in [-0.15, -0.1) is 10.2 Å². The molecular weight excluding hydrogens is 570 g/mol. The van der Waals surface area contributed by atoms with Gasteiger partial charge in [-0.05, 0) is 28.3 Å². The van der Waals surface area contributed by atoms with Crippen molar-refractivity contribution in [3.05, 3.63) is 70.8 Å². The van der Waals surface area contributed by atoms with Gasteiger partial charge in [0.2, 0.25) is 5.82 Å². The molecule has 0 bridgehead atoms. The predicted molar refractivity (Wildman–Crippen MR) is 148 cm³/mol. The molecule has 0 radical (unpaired) electrons. The number of aliphatic hydroxyl groups is 1. The fourth-order valence-corrected chi connectivity index (χ4v) is 4.45. The molecule has 2 aromatic heterocycles. The highest BCUT2D eigenvalue weighted by atomic mass is 35.5. The highest BCUT2D eigenvalue weighted by Gasteiger charge is 2.18. The summed E-state index contributed by atoms with van der Waals surface area (Å²) in [6, 6.07) is 15.5. The minimum atomic E-state index is -0.826. The lowest BCUT2D eigenvalue weighted by Crippen LogP contribution is -2.21. The highest BCUT2D eigenvalue weighted by molar-refractivity contribution is 6.30. The van der Waals surface area contributed by atoms with Gasteiger partial charge in [0.1, 0.15) is 12.4 Å². The van der Waals surface area contributed by atoms with Crippen LogP contribution in [-0.2, 0) is 33.9 Å². The number of hydrogen-bond donors (Lipinski definition) is 3. The summed E-state index contributed by atoms with van der Waals surface area (Å²) in [6.07, 6.45) is 1.96. The second kappa shape index (κ2) is 15.5. The van der Waals surface area contributed by atoms with Crippen LogP contribution in [0.1, 0.15) is 36.8 Å². The lowest BCUT2D eigenvalue weighted by atomic mass is 9.98. The van der Waals surface area contributed by atoms with E-state index in [1.54, 1.807) is 0 Å². The quantitative estimate of drug-likeness (QED) is 0.133. The van der Waals surface area contributed by atoms with Crippen LogP contribution in [0, 0.1) is 0 Å². The number of rotatable bonds is 15. The summed E-state index contributed by atoms with van der Waals surface area (Å²) in [6.45, 7) is 2.39. The number of aryl methyl sites for hydroxylation is 1. The number of carbonyl (C=O) groups excluding carboxylic acids is 1. The van der Waals surface area contributed by atoms with Crippen LogP contribution >= 0.6 is 11.6 Å². The van der Waals surface area contributed by atoms with Crippen LogP contribution in [0.25, 0.3) is 22.5 Å². The Morgan fingerprint density at radius 1 is 1.02 bits per heavy atom. The molecule has 4 aromatic rings. The molecular formula is C27H32ClN7O7. The molecule has 0 saturated carbocycles. The van der Waals surface area contributed by atoms with Gasteiger partial charge in [-0.25, -0.2) is 14.6 Å². The first kappa shape index (κ1) is 31.2. The monoisotopic (exact) mass is 601 g/mol. The van der Waals surface area contributed by atoms with Gasteiger partial charge in [-0.1, -0.05) is 78.3 Å². The zero-order valence-corrected chi connectivity index (χ0v) is 23.7. The van der Waals surface area contributed by atoms with E-state index in [0.29, 0.717) is 23.0 Å². The molecule has 0 aliphatic rings. The molecule has 42 heavy (non-hydrogen) atoms. The second-order valence-electron chi connectivity index (χ2n) is 9.07. The summed E-state index contributed by atoms with van der Waals surface area (Å²) in [5.74, 6) is 1.10. The molecule has 4 rings (SSSR count). The van der Waals surface area contributed by atoms with E-state index >= 15 is 0 Å². The van der Waals surface area contributed by atoms with Crippen molar-refractivity contribution < 1.29 is 34.6 Å². The Hall–Kier alpha value is -3.76. The molecule has 0 aliphatic heterocycles. The van der Waals surface area contributed by atoms with Gasteiger partial charge in [-0.2, -0.15) is 0 Å². The molecule has 0 atom stereocenters. The largest absolute Gasteiger partial charge is 0.453 e. The smallest absolute Gasteiger partial charge is 0.444 e. The van der Waals surface area contributed by atoms with Gasteiger partial charge in [0.15, 0.2) is 5.15 Å². The number of imidazole rings is 1.